The zero-order chi connectivity index (χ0) is 11.4. The van der Waals surface area contributed by atoms with Crippen molar-refractivity contribution in [3.05, 3.63) is 35.9 Å². The number of ether oxygens (including phenoxy) is 1. The number of hydrogen-bond acceptors (Lipinski definition) is 2. The molecular formula is C14H21NO. The van der Waals surface area contributed by atoms with E-state index in [2.05, 4.69) is 42.6 Å². The second-order valence-electron chi connectivity index (χ2n) is 4.57. The van der Waals surface area contributed by atoms with Crippen LogP contribution in [0.1, 0.15) is 31.2 Å². The standard InChI is InChI=1S/C14H21NO/c1-11(12-7-4-3-5-8-12)14(15-2)13-9-6-10-16-13/h3-5,7-8,11,13-15H,6,9-10H2,1-2H3/t11-,13+,14+/m1/s1. The van der Waals surface area contributed by atoms with Crippen LogP contribution in [-0.2, 0) is 4.74 Å². The topological polar surface area (TPSA) is 21.3 Å². The van der Waals surface area contributed by atoms with Gasteiger partial charge in [-0.15, -0.1) is 0 Å². The Morgan fingerprint density at radius 1 is 1.31 bits per heavy atom. The van der Waals surface area contributed by atoms with Crippen LogP contribution in [-0.4, -0.2) is 25.8 Å². The monoisotopic (exact) mass is 219 g/mol. The first kappa shape index (κ1) is 11.6. The molecule has 0 amide bonds. The Bertz CT molecular complexity index is 306. The van der Waals surface area contributed by atoms with Crippen LogP contribution in [0, 0.1) is 0 Å². The van der Waals surface area contributed by atoms with Crippen molar-refractivity contribution in [1.29, 1.82) is 0 Å². The van der Waals surface area contributed by atoms with E-state index in [-0.39, 0.29) is 0 Å². The molecule has 1 aromatic carbocycles. The SMILES string of the molecule is CN[C@H]([C@@H]1CCCO1)[C@H](C)c1ccccc1. The van der Waals surface area contributed by atoms with Crippen LogP contribution >= 0.6 is 0 Å². The highest BCUT2D eigenvalue weighted by Crippen LogP contribution is 2.26. The third kappa shape index (κ3) is 2.45. The summed E-state index contributed by atoms with van der Waals surface area (Å²) >= 11 is 0. The van der Waals surface area contributed by atoms with Crippen LogP contribution < -0.4 is 5.32 Å². The molecule has 1 aromatic rings. The third-order valence-electron chi connectivity index (χ3n) is 3.56. The molecule has 1 saturated heterocycles. The molecule has 3 atom stereocenters. The van der Waals surface area contributed by atoms with Crippen molar-refractivity contribution in [2.24, 2.45) is 0 Å². The molecule has 2 nitrogen and oxygen atoms in total. The number of likely N-dealkylation sites (N-methyl/N-ethyl adjacent to an activating group) is 1. The summed E-state index contributed by atoms with van der Waals surface area (Å²) < 4.78 is 5.79. The van der Waals surface area contributed by atoms with E-state index in [1.807, 2.05) is 7.05 Å². The highest BCUT2D eigenvalue weighted by molar-refractivity contribution is 5.21. The molecule has 1 aliphatic heterocycles. The molecule has 0 unspecified atom stereocenters. The smallest absolute Gasteiger partial charge is 0.0734 e. The first-order chi connectivity index (χ1) is 7.83. The first-order valence-electron chi connectivity index (χ1n) is 6.16. The van der Waals surface area contributed by atoms with Gasteiger partial charge in [-0.05, 0) is 31.4 Å². The van der Waals surface area contributed by atoms with Crippen LogP contribution in [0.25, 0.3) is 0 Å². The molecule has 0 aliphatic carbocycles. The highest BCUT2D eigenvalue weighted by Gasteiger charge is 2.29. The lowest BCUT2D eigenvalue weighted by molar-refractivity contribution is 0.0737. The summed E-state index contributed by atoms with van der Waals surface area (Å²) in [7, 11) is 2.03. The van der Waals surface area contributed by atoms with Gasteiger partial charge in [0.25, 0.3) is 0 Å². The summed E-state index contributed by atoms with van der Waals surface area (Å²) in [6, 6.07) is 11.1. The second-order valence-corrected chi connectivity index (χ2v) is 4.57. The van der Waals surface area contributed by atoms with Gasteiger partial charge in [0.15, 0.2) is 0 Å². The van der Waals surface area contributed by atoms with E-state index in [0.29, 0.717) is 18.1 Å². The van der Waals surface area contributed by atoms with Crippen LogP contribution in [0.5, 0.6) is 0 Å². The Morgan fingerprint density at radius 2 is 2.06 bits per heavy atom. The molecule has 1 aliphatic rings. The summed E-state index contributed by atoms with van der Waals surface area (Å²) in [4.78, 5) is 0. The second kappa shape index (κ2) is 5.46. The van der Waals surface area contributed by atoms with Crippen LogP contribution in [0.4, 0.5) is 0 Å². The Labute approximate surface area is 98.0 Å². The first-order valence-corrected chi connectivity index (χ1v) is 6.16. The molecule has 1 heterocycles. The third-order valence-corrected chi connectivity index (χ3v) is 3.56. The summed E-state index contributed by atoms with van der Waals surface area (Å²) in [5.74, 6) is 0.495. The van der Waals surface area contributed by atoms with Crippen LogP contribution in [0.2, 0.25) is 0 Å². The van der Waals surface area contributed by atoms with Crippen molar-refractivity contribution in [3.63, 3.8) is 0 Å². The van der Waals surface area contributed by atoms with Gasteiger partial charge in [0.05, 0.1) is 6.10 Å². The van der Waals surface area contributed by atoms with Crippen molar-refractivity contribution in [1.82, 2.24) is 5.32 Å². The molecule has 16 heavy (non-hydrogen) atoms. The molecule has 2 rings (SSSR count). The largest absolute Gasteiger partial charge is 0.377 e. The van der Waals surface area contributed by atoms with Gasteiger partial charge in [0.1, 0.15) is 0 Å². The van der Waals surface area contributed by atoms with Crippen molar-refractivity contribution >= 4 is 0 Å². The van der Waals surface area contributed by atoms with E-state index in [9.17, 15) is 0 Å². The minimum atomic E-state index is 0.375. The Hall–Kier alpha value is -0.860. The van der Waals surface area contributed by atoms with E-state index >= 15 is 0 Å². The Morgan fingerprint density at radius 3 is 2.62 bits per heavy atom. The molecular weight excluding hydrogens is 198 g/mol. The molecule has 0 radical (unpaired) electrons. The van der Waals surface area contributed by atoms with E-state index in [0.717, 1.165) is 6.61 Å². The average Bonchev–Trinajstić information content (AvgIpc) is 2.85. The number of nitrogens with one attached hydrogen (secondary N) is 1. The number of hydrogen-bond donors (Lipinski definition) is 1. The number of benzene rings is 1. The van der Waals surface area contributed by atoms with Crippen LogP contribution in [0.3, 0.4) is 0 Å². The van der Waals surface area contributed by atoms with Crippen molar-refractivity contribution < 1.29 is 4.74 Å². The van der Waals surface area contributed by atoms with Crippen LogP contribution in [0.15, 0.2) is 30.3 Å². The lowest BCUT2D eigenvalue weighted by atomic mass is 9.89. The zero-order valence-electron chi connectivity index (χ0n) is 10.1. The lowest BCUT2D eigenvalue weighted by Gasteiger charge is -2.28. The van der Waals surface area contributed by atoms with E-state index in [1.54, 1.807) is 0 Å². The van der Waals surface area contributed by atoms with Gasteiger partial charge < -0.3 is 10.1 Å². The maximum atomic E-state index is 5.79. The predicted octanol–water partition coefficient (Wildman–Crippen LogP) is 2.56. The number of rotatable bonds is 4. The molecule has 1 N–H and O–H groups in total. The van der Waals surface area contributed by atoms with Gasteiger partial charge >= 0.3 is 0 Å². The predicted molar refractivity (Wildman–Crippen MR) is 66.7 cm³/mol. The fourth-order valence-electron chi connectivity index (χ4n) is 2.61. The maximum Gasteiger partial charge on any atom is 0.0734 e. The molecule has 88 valence electrons. The maximum absolute atomic E-state index is 5.79. The molecule has 0 bridgehead atoms. The molecule has 0 spiro atoms. The van der Waals surface area contributed by atoms with E-state index < -0.39 is 0 Å². The van der Waals surface area contributed by atoms with Gasteiger partial charge in [-0.2, -0.15) is 0 Å². The lowest BCUT2D eigenvalue weighted by Crippen LogP contribution is -2.41. The fourth-order valence-corrected chi connectivity index (χ4v) is 2.61. The summed E-state index contributed by atoms with van der Waals surface area (Å²) in [5, 5.41) is 3.42. The quantitative estimate of drug-likeness (QED) is 0.840. The van der Waals surface area contributed by atoms with E-state index in [1.165, 1.54) is 18.4 Å². The van der Waals surface area contributed by atoms with Gasteiger partial charge in [0.2, 0.25) is 0 Å². The summed E-state index contributed by atoms with van der Waals surface area (Å²) in [6.07, 6.45) is 2.76. The highest BCUT2D eigenvalue weighted by atomic mass is 16.5. The fraction of sp³-hybridized carbons (Fsp3) is 0.571. The zero-order valence-corrected chi connectivity index (χ0v) is 10.1. The minimum absolute atomic E-state index is 0.375. The van der Waals surface area contributed by atoms with E-state index in [4.69, 9.17) is 4.74 Å². The van der Waals surface area contributed by atoms with Crippen molar-refractivity contribution in [2.75, 3.05) is 13.7 Å². The van der Waals surface area contributed by atoms with Gasteiger partial charge in [0, 0.05) is 12.6 Å². The summed E-state index contributed by atoms with van der Waals surface area (Å²) in [5.41, 5.74) is 1.39. The van der Waals surface area contributed by atoms with Gasteiger partial charge in [-0.1, -0.05) is 37.3 Å². The normalized spacial score (nSPS) is 24.2. The van der Waals surface area contributed by atoms with Gasteiger partial charge in [-0.25, -0.2) is 0 Å². The minimum Gasteiger partial charge on any atom is -0.377 e. The molecule has 2 heteroatoms. The average molecular weight is 219 g/mol. The van der Waals surface area contributed by atoms with Gasteiger partial charge in [-0.3, -0.25) is 0 Å². The molecule has 1 fully saturated rings. The summed E-state index contributed by atoms with van der Waals surface area (Å²) in [6.45, 7) is 3.20. The van der Waals surface area contributed by atoms with Crippen molar-refractivity contribution in [3.8, 4) is 0 Å². The molecule has 0 aromatic heterocycles. The molecule has 0 saturated carbocycles. The Kier molecular flexibility index (Phi) is 3.97. The Balaban J connectivity index is 2.08. The van der Waals surface area contributed by atoms with Crippen molar-refractivity contribution in [2.45, 2.75) is 37.8 Å².